The van der Waals surface area contributed by atoms with Crippen molar-refractivity contribution in [3.05, 3.63) is 42.2 Å². The van der Waals surface area contributed by atoms with Crippen LogP contribution in [-0.4, -0.2) is 9.97 Å². The highest BCUT2D eigenvalue weighted by Crippen LogP contribution is 2.22. The van der Waals surface area contributed by atoms with E-state index >= 15 is 0 Å². The van der Waals surface area contributed by atoms with Crippen molar-refractivity contribution in [1.29, 1.82) is 0 Å². The van der Waals surface area contributed by atoms with Gasteiger partial charge < -0.3 is 5.73 Å². The van der Waals surface area contributed by atoms with E-state index in [4.69, 9.17) is 5.73 Å². The van der Waals surface area contributed by atoms with Gasteiger partial charge in [0.05, 0.1) is 11.3 Å². The summed E-state index contributed by atoms with van der Waals surface area (Å²) in [7, 11) is 0. The summed E-state index contributed by atoms with van der Waals surface area (Å²) in [5.74, 6) is -1.40. The van der Waals surface area contributed by atoms with Crippen LogP contribution in [0.15, 0.2) is 30.5 Å². The maximum absolute atomic E-state index is 13.3. The molecule has 5 heteroatoms. The molecule has 0 saturated carbocycles. The van der Waals surface area contributed by atoms with Gasteiger partial charge in [0.2, 0.25) is 5.95 Å². The van der Waals surface area contributed by atoms with Gasteiger partial charge in [-0.05, 0) is 18.2 Å². The Morgan fingerprint density at radius 2 is 1.93 bits per heavy atom. The molecule has 0 bridgehead atoms. The van der Waals surface area contributed by atoms with Gasteiger partial charge >= 0.3 is 0 Å². The van der Waals surface area contributed by atoms with E-state index in [9.17, 15) is 8.78 Å². The second kappa shape index (κ2) is 3.61. The van der Waals surface area contributed by atoms with Crippen molar-refractivity contribution < 1.29 is 8.78 Å². The van der Waals surface area contributed by atoms with Gasteiger partial charge in [0.25, 0.3) is 0 Å². The second-order valence-corrected chi connectivity index (χ2v) is 2.91. The largest absolute Gasteiger partial charge is 0.384 e. The van der Waals surface area contributed by atoms with E-state index in [1.165, 1.54) is 12.1 Å². The van der Waals surface area contributed by atoms with Crippen LogP contribution in [0.25, 0.3) is 11.3 Å². The summed E-state index contributed by atoms with van der Waals surface area (Å²) in [4.78, 5) is 7.18. The van der Waals surface area contributed by atoms with Crippen molar-refractivity contribution in [3.63, 3.8) is 0 Å². The number of hydrogen-bond donors (Lipinski definition) is 1. The summed E-state index contributed by atoms with van der Waals surface area (Å²) in [6, 6.07) is 5.65. The van der Waals surface area contributed by atoms with Crippen molar-refractivity contribution >= 4 is 5.82 Å². The molecule has 0 aliphatic rings. The van der Waals surface area contributed by atoms with Crippen molar-refractivity contribution in [1.82, 2.24) is 9.97 Å². The van der Waals surface area contributed by atoms with Crippen LogP contribution in [0.3, 0.4) is 0 Å². The Balaban J connectivity index is 2.63. The van der Waals surface area contributed by atoms with Crippen molar-refractivity contribution in [2.45, 2.75) is 0 Å². The maximum Gasteiger partial charge on any atom is 0.225 e. The fourth-order valence-electron chi connectivity index (χ4n) is 1.23. The van der Waals surface area contributed by atoms with Crippen LogP contribution in [0.2, 0.25) is 0 Å². The highest BCUT2D eigenvalue weighted by molar-refractivity contribution is 5.60. The zero-order valence-corrected chi connectivity index (χ0v) is 7.61. The average Bonchev–Trinajstić information content (AvgIpc) is 2.17. The first-order valence-electron chi connectivity index (χ1n) is 4.21. The lowest BCUT2D eigenvalue weighted by Crippen LogP contribution is -1.97. The van der Waals surface area contributed by atoms with E-state index in [0.29, 0.717) is 0 Å². The Kier molecular flexibility index (Phi) is 2.29. The third-order valence-corrected chi connectivity index (χ3v) is 1.88. The Hall–Kier alpha value is -2.04. The molecule has 0 unspecified atom stereocenters. The minimum atomic E-state index is -0.895. The van der Waals surface area contributed by atoms with Crippen LogP contribution < -0.4 is 5.73 Å². The fourth-order valence-corrected chi connectivity index (χ4v) is 1.23. The highest BCUT2D eigenvalue weighted by Gasteiger charge is 2.13. The number of pyridine rings is 2. The lowest BCUT2D eigenvalue weighted by atomic mass is 10.2. The monoisotopic (exact) mass is 207 g/mol. The smallest absolute Gasteiger partial charge is 0.225 e. The highest BCUT2D eigenvalue weighted by atomic mass is 19.1. The number of anilines is 1. The Morgan fingerprint density at radius 1 is 1.13 bits per heavy atom. The molecule has 0 saturated heterocycles. The van der Waals surface area contributed by atoms with Gasteiger partial charge in [0.1, 0.15) is 11.6 Å². The summed E-state index contributed by atoms with van der Waals surface area (Å²) in [5.41, 5.74) is 5.30. The van der Waals surface area contributed by atoms with Gasteiger partial charge in [-0.1, -0.05) is 6.07 Å². The molecule has 0 spiro atoms. The van der Waals surface area contributed by atoms with Crippen LogP contribution >= 0.6 is 0 Å². The van der Waals surface area contributed by atoms with Crippen molar-refractivity contribution in [3.8, 4) is 11.3 Å². The molecular formula is C10H7F2N3. The van der Waals surface area contributed by atoms with Gasteiger partial charge in [0, 0.05) is 6.20 Å². The minimum Gasteiger partial charge on any atom is -0.384 e. The number of halogens is 2. The molecule has 3 nitrogen and oxygen atoms in total. The molecule has 0 aromatic carbocycles. The molecule has 2 aromatic rings. The summed E-state index contributed by atoms with van der Waals surface area (Å²) >= 11 is 0. The fraction of sp³-hybridized carbons (Fsp3) is 0. The molecule has 0 atom stereocenters. The van der Waals surface area contributed by atoms with Gasteiger partial charge in [-0.15, -0.1) is 0 Å². The first-order valence-corrected chi connectivity index (χ1v) is 4.21. The molecule has 0 amide bonds. The Labute approximate surface area is 84.6 Å². The first-order chi connectivity index (χ1) is 7.18. The summed E-state index contributed by atoms with van der Waals surface area (Å²) in [6.07, 6.45) is 1.06. The number of rotatable bonds is 1. The standard InChI is InChI=1S/C10H7F2N3/c11-6-4-5-14-10(12)9(6)7-2-1-3-8(13)15-7/h1-5H,(H2,13,15). The molecule has 2 heterocycles. The van der Waals surface area contributed by atoms with E-state index in [0.717, 1.165) is 12.3 Å². The van der Waals surface area contributed by atoms with Crippen LogP contribution in [0.5, 0.6) is 0 Å². The number of nitrogens with two attached hydrogens (primary N) is 1. The maximum atomic E-state index is 13.3. The van der Waals surface area contributed by atoms with Crippen molar-refractivity contribution in [2.24, 2.45) is 0 Å². The predicted molar refractivity (Wildman–Crippen MR) is 51.8 cm³/mol. The lowest BCUT2D eigenvalue weighted by Gasteiger charge is -2.03. The average molecular weight is 207 g/mol. The predicted octanol–water partition coefficient (Wildman–Crippen LogP) is 2.00. The summed E-state index contributed by atoms with van der Waals surface area (Å²) in [5, 5.41) is 0. The third kappa shape index (κ3) is 1.76. The van der Waals surface area contributed by atoms with Gasteiger partial charge in [0.15, 0.2) is 0 Å². The van der Waals surface area contributed by atoms with Crippen molar-refractivity contribution in [2.75, 3.05) is 5.73 Å². The minimum absolute atomic E-state index is 0.137. The third-order valence-electron chi connectivity index (χ3n) is 1.88. The zero-order valence-electron chi connectivity index (χ0n) is 7.61. The lowest BCUT2D eigenvalue weighted by molar-refractivity contribution is 0.557. The van der Waals surface area contributed by atoms with E-state index in [2.05, 4.69) is 9.97 Å². The molecule has 0 fully saturated rings. The Bertz CT molecular complexity index is 480. The molecule has 76 valence electrons. The zero-order chi connectivity index (χ0) is 10.8. The quantitative estimate of drug-likeness (QED) is 0.727. The summed E-state index contributed by atoms with van der Waals surface area (Å²) < 4.78 is 26.5. The van der Waals surface area contributed by atoms with E-state index < -0.39 is 11.8 Å². The first kappa shape index (κ1) is 9.51. The number of nitrogen functional groups attached to an aromatic ring is 1. The molecule has 2 rings (SSSR count). The Morgan fingerprint density at radius 3 is 2.60 bits per heavy atom. The second-order valence-electron chi connectivity index (χ2n) is 2.91. The van der Waals surface area contributed by atoms with E-state index in [1.54, 1.807) is 6.07 Å². The molecule has 15 heavy (non-hydrogen) atoms. The molecule has 2 aromatic heterocycles. The molecular weight excluding hydrogens is 200 g/mol. The molecule has 2 N–H and O–H groups in total. The van der Waals surface area contributed by atoms with Crippen LogP contribution in [0, 0.1) is 11.8 Å². The van der Waals surface area contributed by atoms with Crippen LogP contribution in [0.1, 0.15) is 0 Å². The summed E-state index contributed by atoms with van der Waals surface area (Å²) in [6.45, 7) is 0. The topological polar surface area (TPSA) is 51.8 Å². The number of hydrogen-bond acceptors (Lipinski definition) is 3. The molecule has 0 aliphatic heterocycles. The molecule has 0 aliphatic carbocycles. The number of aromatic nitrogens is 2. The van der Waals surface area contributed by atoms with Gasteiger partial charge in [-0.3, -0.25) is 0 Å². The van der Waals surface area contributed by atoms with Crippen LogP contribution in [-0.2, 0) is 0 Å². The molecule has 0 radical (unpaired) electrons. The van der Waals surface area contributed by atoms with E-state index in [1.807, 2.05) is 0 Å². The van der Waals surface area contributed by atoms with Gasteiger partial charge in [-0.25, -0.2) is 14.4 Å². The SMILES string of the molecule is Nc1cccc(-c2c(F)ccnc2F)n1. The number of nitrogens with zero attached hydrogens (tertiary/aromatic N) is 2. The normalized spacial score (nSPS) is 10.3. The van der Waals surface area contributed by atoms with E-state index in [-0.39, 0.29) is 17.1 Å². The van der Waals surface area contributed by atoms with Crippen LogP contribution in [0.4, 0.5) is 14.6 Å². The van der Waals surface area contributed by atoms with Gasteiger partial charge in [-0.2, -0.15) is 4.39 Å².